The minimum Gasteiger partial charge on any atom is -0.247 e. The van der Waals surface area contributed by atoms with Crippen LogP contribution in [0.15, 0.2) is 18.5 Å². The highest BCUT2D eigenvalue weighted by Crippen LogP contribution is 2.18. The van der Waals surface area contributed by atoms with E-state index < -0.39 is 8.80 Å². The van der Waals surface area contributed by atoms with Gasteiger partial charge in [0.2, 0.25) is 0 Å². The summed E-state index contributed by atoms with van der Waals surface area (Å²) in [6, 6.07) is 1.88. The predicted octanol–water partition coefficient (Wildman–Crippen LogP) is 2.00. The van der Waals surface area contributed by atoms with Crippen LogP contribution in [0.25, 0.3) is 0 Å². The Morgan fingerprint density at radius 3 is 1.85 bits per heavy atom. The average Bonchev–Trinajstić information content (AvgIpc) is 2.04. The van der Waals surface area contributed by atoms with Gasteiger partial charge in [-0.15, -0.1) is 0 Å². The molecular formula is C10H17N2Si. The molecule has 0 bridgehead atoms. The third-order valence-corrected chi connectivity index (χ3v) is 5.33. The van der Waals surface area contributed by atoms with Gasteiger partial charge < -0.3 is 0 Å². The predicted molar refractivity (Wildman–Crippen MR) is 57.6 cm³/mol. The molecule has 3 heteroatoms. The zero-order valence-electron chi connectivity index (χ0n) is 8.78. The molecule has 0 unspecified atom stereocenters. The van der Waals surface area contributed by atoms with Gasteiger partial charge >= 0.3 is 0 Å². The second kappa shape index (κ2) is 4.51. The average molecular weight is 193 g/mol. The van der Waals surface area contributed by atoms with Crippen LogP contribution in [0.4, 0.5) is 0 Å². The van der Waals surface area contributed by atoms with Crippen molar-refractivity contribution in [1.82, 2.24) is 9.97 Å². The molecule has 0 amide bonds. The van der Waals surface area contributed by atoms with Crippen LogP contribution in [0, 0.1) is 0 Å². The third kappa shape index (κ3) is 2.62. The maximum Gasteiger partial charge on any atom is 0.142 e. The van der Waals surface area contributed by atoms with E-state index in [-0.39, 0.29) is 0 Å². The van der Waals surface area contributed by atoms with E-state index in [9.17, 15) is 0 Å². The number of aromatic nitrogens is 2. The Labute approximate surface area is 82.0 Å². The van der Waals surface area contributed by atoms with Crippen molar-refractivity contribution in [3.63, 3.8) is 0 Å². The second-order valence-electron chi connectivity index (χ2n) is 3.84. The topological polar surface area (TPSA) is 25.8 Å². The molecule has 1 rings (SSSR count). The zero-order chi connectivity index (χ0) is 9.84. The van der Waals surface area contributed by atoms with E-state index in [1.807, 2.05) is 18.5 Å². The molecular weight excluding hydrogens is 176 g/mol. The summed E-state index contributed by atoms with van der Waals surface area (Å²) in [7, 11) is -0.578. The van der Waals surface area contributed by atoms with Gasteiger partial charge in [-0.05, 0) is 17.1 Å². The van der Waals surface area contributed by atoms with E-state index in [1.165, 1.54) is 0 Å². The van der Waals surface area contributed by atoms with Gasteiger partial charge in [-0.3, -0.25) is 0 Å². The minimum absolute atomic E-state index is 0.578. The van der Waals surface area contributed by atoms with Crippen LogP contribution in [0.5, 0.6) is 0 Å². The summed E-state index contributed by atoms with van der Waals surface area (Å²) in [5.74, 6) is 0. The van der Waals surface area contributed by atoms with Gasteiger partial charge in [-0.2, -0.15) is 0 Å². The first-order valence-corrected chi connectivity index (χ1v) is 6.42. The molecule has 2 nitrogen and oxygen atoms in total. The van der Waals surface area contributed by atoms with Crippen LogP contribution >= 0.6 is 0 Å². The summed E-state index contributed by atoms with van der Waals surface area (Å²) >= 11 is 0. The Hall–Kier alpha value is -0.703. The van der Waals surface area contributed by atoms with Crippen molar-refractivity contribution in [1.29, 1.82) is 0 Å². The van der Waals surface area contributed by atoms with Crippen molar-refractivity contribution in [2.45, 2.75) is 38.8 Å². The molecule has 0 N–H and O–H groups in total. The molecule has 0 aliphatic carbocycles. The number of hydrogen-bond acceptors (Lipinski definition) is 2. The van der Waals surface area contributed by atoms with Crippen LogP contribution < -0.4 is 5.45 Å². The van der Waals surface area contributed by atoms with E-state index in [2.05, 4.69) is 37.7 Å². The van der Waals surface area contributed by atoms with Crippen LogP contribution in [0.3, 0.4) is 0 Å². The molecule has 0 spiro atoms. The van der Waals surface area contributed by atoms with Crippen molar-refractivity contribution in [3.8, 4) is 0 Å². The van der Waals surface area contributed by atoms with Crippen LogP contribution in [-0.2, 0) is 0 Å². The molecule has 71 valence electrons. The fourth-order valence-electron chi connectivity index (χ4n) is 1.63. The molecule has 0 saturated heterocycles. The number of nitrogens with zero attached hydrogens (tertiary/aromatic N) is 2. The lowest BCUT2D eigenvalue weighted by Crippen LogP contribution is -2.40. The third-order valence-electron chi connectivity index (χ3n) is 2.07. The Morgan fingerprint density at radius 2 is 1.46 bits per heavy atom. The van der Waals surface area contributed by atoms with Gasteiger partial charge in [0, 0.05) is 12.4 Å². The van der Waals surface area contributed by atoms with Crippen molar-refractivity contribution in [2.75, 3.05) is 0 Å². The Morgan fingerprint density at radius 1 is 1.00 bits per heavy atom. The molecule has 0 aliphatic rings. The first-order valence-electron chi connectivity index (χ1n) is 4.77. The highest BCUT2D eigenvalue weighted by Gasteiger charge is 2.24. The molecule has 0 aromatic carbocycles. The first-order chi connectivity index (χ1) is 6.13. The maximum absolute atomic E-state index is 4.36. The quantitative estimate of drug-likeness (QED) is 0.686. The summed E-state index contributed by atoms with van der Waals surface area (Å²) in [5.41, 5.74) is 2.48. The van der Waals surface area contributed by atoms with Crippen molar-refractivity contribution in [2.24, 2.45) is 0 Å². The lowest BCUT2D eigenvalue weighted by atomic mass is 10.5. The zero-order valence-corrected chi connectivity index (χ0v) is 9.78. The lowest BCUT2D eigenvalue weighted by Gasteiger charge is -2.20. The van der Waals surface area contributed by atoms with Gasteiger partial charge in [0.1, 0.15) is 14.2 Å². The van der Waals surface area contributed by atoms with E-state index >= 15 is 0 Å². The molecule has 0 aliphatic heterocycles. The van der Waals surface area contributed by atoms with E-state index in [0.29, 0.717) is 11.1 Å². The van der Waals surface area contributed by atoms with Gasteiger partial charge in [0.05, 0.1) is 0 Å². The maximum atomic E-state index is 4.36. The highest BCUT2D eigenvalue weighted by molar-refractivity contribution is 6.74. The fraction of sp³-hybridized carbons (Fsp3) is 0.600. The molecule has 0 saturated carbocycles. The molecule has 1 radical (unpaired) electrons. The van der Waals surface area contributed by atoms with Crippen LogP contribution in [0.2, 0.25) is 11.1 Å². The van der Waals surface area contributed by atoms with Crippen molar-refractivity contribution >= 4 is 14.2 Å². The van der Waals surface area contributed by atoms with Crippen molar-refractivity contribution < 1.29 is 0 Å². The van der Waals surface area contributed by atoms with E-state index in [0.717, 1.165) is 5.45 Å². The Bertz CT molecular complexity index is 238. The van der Waals surface area contributed by atoms with E-state index in [1.54, 1.807) is 0 Å². The lowest BCUT2D eigenvalue weighted by molar-refractivity contribution is 0.940. The largest absolute Gasteiger partial charge is 0.247 e. The van der Waals surface area contributed by atoms with Gasteiger partial charge in [-0.25, -0.2) is 9.97 Å². The Kier molecular flexibility index (Phi) is 3.60. The van der Waals surface area contributed by atoms with Crippen LogP contribution in [-0.4, -0.2) is 18.8 Å². The summed E-state index contributed by atoms with van der Waals surface area (Å²) in [5, 5.41) is 0. The molecule has 1 heterocycles. The molecule has 13 heavy (non-hydrogen) atoms. The normalized spacial score (nSPS) is 11.6. The number of hydrogen-bond donors (Lipinski definition) is 0. The first kappa shape index (κ1) is 10.4. The van der Waals surface area contributed by atoms with E-state index in [4.69, 9.17) is 0 Å². The summed E-state index contributed by atoms with van der Waals surface area (Å²) < 4.78 is 0. The van der Waals surface area contributed by atoms with Gasteiger partial charge in [-0.1, -0.05) is 27.7 Å². The summed E-state index contributed by atoms with van der Waals surface area (Å²) in [6.45, 7) is 9.07. The minimum atomic E-state index is -0.578. The standard InChI is InChI=1S/C10H17N2Si/c1-8(2)13(9(3)4)10-11-6-5-7-12-10/h5-9H,1-4H3. The number of rotatable bonds is 3. The Balaban J connectivity index is 2.89. The molecule has 1 aromatic rings. The van der Waals surface area contributed by atoms with Crippen molar-refractivity contribution in [3.05, 3.63) is 18.5 Å². The smallest absolute Gasteiger partial charge is 0.142 e. The molecule has 1 aromatic heterocycles. The highest BCUT2D eigenvalue weighted by atomic mass is 28.3. The van der Waals surface area contributed by atoms with Gasteiger partial charge in [0.15, 0.2) is 0 Å². The molecule has 0 fully saturated rings. The molecule has 0 atom stereocenters. The summed E-state index contributed by atoms with van der Waals surface area (Å²) in [4.78, 5) is 8.71. The monoisotopic (exact) mass is 193 g/mol. The summed E-state index contributed by atoms with van der Waals surface area (Å²) in [6.07, 6.45) is 3.69. The van der Waals surface area contributed by atoms with Gasteiger partial charge in [0.25, 0.3) is 0 Å². The SMILES string of the molecule is CC(C)[Si](c1ncccn1)C(C)C. The van der Waals surface area contributed by atoms with Crippen LogP contribution in [0.1, 0.15) is 27.7 Å². The fourth-order valence-corrected chi connectivity index (χ4v) is 4.44. The second-order valence-corrected chi connectivity index (χ2v) is 7.50.